The molecule has 4 heterocycles. The van der Waals surface area contributed by atoms with Crippen molar-refractivity contribution in [3.8, 4) is 0 Å². The summed E-state index contributed by atoms with van der Waals surface area (Å²) >= 11 is 0. The van der Waals surface area contributed by atoms with E-state index < -0.39 is 0 Å². The maximum Gasteiger partial charge on any atom is 0.228 e. The molecule has 1 saturated heterocycles. The van der Waals surface area contributed by atoms with Crippen LogP contribution in [0.3, 0.4) is 0 Å². The van der Waals surface area contributed by atoms with Crippen molar-refractivity contribution in [1.82, 2.24) is 23.8 Å². The number of carbonyl (C=O) groups is 1. The average molecular weight is 323 g/mol. The van der Waals surface area contributed by atoms with Gasteiger partial charge in [-0.3, -0.25) is 4.79 Å². The van der Waals surface area contributed by atoms with Gasteiger partial charge in [0, 0.05) is 37.9 Å². The molecule has 0 radical (unpaired) electrons. The fraction of sp³-hybridized carbons (Fsp3) is 0.389. The SMILES string of the molecule is Cc1nccn1[C@H]1CCCN(C(=O)Cc2cn3ccccc3n2)C1. The Labute approximate surface area is 140 Å². The number of fused-ring (bicyclic) bond motifs is 1. The summed E-state index contributed by atoms with van der Waals surface area (Å²) in [6.07, 6.45) is 10.2. The van der Waals surface area contributed by atoms with Gasteiger partial charge in [0.05, 0.1) is 18.2 Å². The van der Waals surface area contributed by atoms with Crippen LogP contribution in [0.5, 0.6) is 0 Å². The van der Waals surface area contributed by atoms with E-state index in [-0.39, 0.29) is 5.91 Å². The Balaban J connectivity index is 1.46. The van der Waals surface area contributed by atoms with Gasteiger partial charge in [0.2, 0.25) is 5.91 Å². The molecule has 1 amide bonds. The quantitative estimate of drug-likeness (QED) is 0.743. The second-order valence-electron chi connectivity index (χ2n) is 6.39. The molecule has 6 nitrogen and oxygen atoms in total. The lowest BCUT2D eigenvalue weighted by atomic mass is 10.0. The van der Waals surface area contributed by atoms with Crippen molar-refractivity contribution in [3.05, 3.63) is 54.5 Å². The Morgan fingerprint density at radius 1 is 1.33 bits per heavy atom. The first-order valence-electron chi connectivity index (χ1n) is 8.40. The zero-order chi connectivity index (χ0) is 16.5. The van der Waals surface area contributed by atoms with E-state index in [0.717, 1.165) is 43.1 Å². The molecule has 3 aromatic heterocycles. The van der Waals surface area contributed by atoms with Crippen LogP contribution >= 0.6 is 0 Å². The minimum atomic E-state index is 0.154. The Morgan fingerprint density at radius 3 is 3.04 bits per heavy atom. The van der Waals surface area contributed by atoms with E-state index in [2.05, 4.69) is 14.5 Å². The number of aromatic nitrogens is 4. The summed E-state index contributed by atoms with van der Waals surface area (Å²) in [5.74, 6) is 1.16. The molecular formula is C18H21N5O. The van der Waals surface area contributed by atoms with Gasteiger partial charge in [0.25, 0.3) is 0 Å². The van der Waals surface area contributed by atoms with Crippen LogP contribution < -0.4 is 0 Å². The fourth-order valence-corrected chi connectivity index (χ4v) is 3.52. The number of piperidine rings is 1. The lowest BCUT2D eigenvalue weighted by Crippen LogP contribution is -2.41. The van der Waals surface area contributed by atoms with Gasteiger partial charge in [0.1, 0.15) is 11.5 Å². The number of amides is 1. The lowest BCUT2D eigenvalue weighted by molar-refractivity contribution is -0.132. The molecule has 1 aliphatic rings. The van der Waals surface area contributed by atoms with Crippen LogP contribution in [0.2, 0.25) is 0 Å². The maximum atomic E-state index is 12.7. The molecule has 0 aliphatic carbocycles. The zero-order valence-corrected chi connectivity index (χ0v) is 13.8. The minimum Gasteiger partial charge on any atom is -0.340 e. The van der Waals surface area contributed by atoms with Crippen molar-refractivity contribution in [2.24, 2.45) is 0 Å². The first-order valence-corrected chi connectivity index (χ1v) is 8.40. The van der Waals surface area contributed by atoms with Gasteiger partial charge in [-0.1, -0.05) is 6.07 Å². The molecule has 0 unspecified atom stereocenters. The van der Waals surface area contributed by atoms with Gasteiger partial charge >= 0.3 is 0 Å². The molecule has 0 bridgehead atoms. The first kappa shape index (κ1) is 14.9. The van der Waals surface area contributed by atoms with E-state index in [1.807, 2.05) is 59.2 Å². The number of hydrogen-bond donors (Lipinski definition) is 0. The number of carbonyl (C=O) groups excluding carboxylic acids is 1. The van der Waals surface area contributed by atoms with Crippen molar-refractivity contribution in [2.45, 2.75) is 32.2 Å². The molecule has 24 heavy (non-hydrogen) atoms. The second kappa shape index (κ2) is 6.11. The number of hydrogen-bond acceptors (Lipinski definition) is 3. The van der Waals surface area contributed by atoms with Crippen LogP contribution in [0.1, 0.15) is 30.4 Å². The second-order valence-corrected chi connectivity index (χ2v) is 6.39. The van der Waals surface area contributed by atoms with E-state index in [0.29, 0.717) is 12.5 Å². The van der Waals surface area contributed by atoms with Crippen LogP contribution in [-0.4, -0.2) is 42.8 Å². The number of imidazole rings is 2. The highest BCUT2D eigenvalue weighted by Crippen LogP contribution is 2.23. The normalized spacial score (nSPS) is 18.2. The van der Waals surface area contributed by atoms with Crippen LogP contribution in [0.25, 0.3) is 5.65 Å². The third-order valence-corrected chi connectivity index (χ3v) is 4.75. The highest BCUT2D eigenvalue weighted by molar-refractivity contribution is 5.78. The zero-order valence-electron chi connectivity index (χ0n) is 13.8. The van der Waals surface area contributed by atoms with Crippen molar-refractivity contribution >= 4 is 11.6 Å². The molecule has 1 aliphatic heterocycles. The standard InChI is InChI=1S/C18H21N5O/c1-14-19-7-10-23(14)16-5-4-9-22(13-16)18(24)11-15-12-21-8-3-2-6-17(21)20-15/h2-3,6-8,10,12,16H,4-5,9,11,13H2,1H3/t16-/m0/s1. The molecule has 0 aromatic carbocycles. The molecule has 4 rings (SSSR count). The Morgan fingerprint density at radius 2 is 2.25 bits per heavy atom. The van der Waals surface area contributed by atoms with Crippen molar-refractivity contribution in [2.75, 3.05) is 13.1 Å². The van der Waals surface area contributed by atoms with Crippen molar-refractivity contribution in [3.63, 3.8) is 0 Å². The lowest BCUT2D eigenvalue weighted by Gasteiger charge is -2.34. The molecular weight excluding hydrogens is 302 g/mol. The molecule has 1 fully saturated rings. The molecule has 0 N–H and O–H groups in total. The summed E-state index contributed by atoms with van der Waals surface area (Å²) in [5, 5.41) is 0. The molecule has 0 spiro atoms. The number of pyridine rings is 1. The monoisotopic (exact) mass is 323 g/mol. The fourth-order valence-electron chi connectivity index (χ4n) is 3.52. The van der Waals surface area contributed by atoms with Gasteiger partial charge in [-0.25, -0.2) is 9.97 Å². The Kier molecular flexibility index (Phi) is 3.80. The van der Waals surface area contributed by atoms with E-state index in [9.17, 15) is 4.79 Å². The van der Waals surface area contributed by atoms with E-state index >= 15 is 0 Å². The van der Waals surface area contributed by atoms with Gasteiger partial charge in [-0.2, -0.15) is 0 Å². The van der Waals surface area contributed by atoms with Crippen molar-refractivity contribution < 1.29 is 4.79 Å². The summed E-state index contributed by atoms with van der Waals surface area (Å²) in [7, 11) is 0. The van der Waals surface area contributed by atoms with Crippen LogP contribution in [0.15, 0.2) is 43.0 Å². The summed E-state index contributed by atoms with van der Waals surface area (Å²) in [6.45, 7) is 3.59. The predicted molar refractivity (Wildman–Crippen MR) is 90.7 cm³/mol. The van der Waals surface area contributed by atoms with E-state index in [1.54, 1.807) is 0 Å². The third kappa shape index (κ3) is 2.79. The maximum absolute atomic E-state index is 12.7. The number of rotatable bonds is 3. The van der Waals surface area contributed by atoms with Crippen molar-refractivity contribution in [1.29, 1.82) is 0 Å². The summed E-state index contributed by atoms with van der Waals surface area (Å²) < 4.78 is 4.14. The van der Waals surface area contributed by atoms with Gasteiger partial charge < -0.3 is 13.9 Å². The molecule has 6 heteroatoms. The first-order chi connectivity index (χ1) is 11.7. The topological polar surface area (TPSA) is 55.4 Å². The van der Waals surface area contributed by atoms with Gasteiger partial charge in [0.15, 0.2) is 0 Å². The highest BCUT2D eigenvalue weighted by atomic mass is 16.2. The third-order valence-electron chi connectivity index (χ3n) is 4.75. The molecule has 1 atom stereocenters. The number of aryl methyl sites for hydroxylation is 1. The smallest absolute Gasteiger partial charge is 0.228 e. The summed E-state index contributed by atoms with van der Waals surface area (Å²) in [6, 6.07) is 6.19. The highest BCUT2D eigenvalue weighted by Gasteiger charge is 2.25. The summed E-state index contributed by atoms with van der Waals surface area (Å²) in [4.78, 5) is 23.5. The van der Waals surface area contributed by atoms with Crippen LogP contribution in [0.4, 0.5) is 0 Å². The number of likely N-dealkylation sites (tertiary alicyclic amines) is 1. The molecule has 0 saturated carbocycles. The number of nitrogens with zero attached hydrogens (tertiary/aromatic N) is 5. The molecule has 3 aromatic rings. The van der Waals surface area contributed by atoms with E-state index in [1.165, 1.54) is 0 Å². The van der Waals surface area contributed by atoms with Crippen LogP contribution in [0, 0.1) is 6.92 Å². The minimum absolute atomic E-state index is 0.154. The van der Waals surface area contributed by atoms with Gasteiger partial charge in [-0.05, 0) is 31.9 Å². The Bertz CT molecular complexity index is 832. The molecule has 124 valence electrons. The van der Waals surface area contributed by atoms with Gasteiger partial charge in [-0.15, -0.1) is 0 Å². The largest absolute Gasteiger partial charge is 0.340 e. The van der Waals surface area contributed by atoms with Crippen LogP contribution in [-0.2, 0) is 11.2 Å². The predicted octanol–water partition coefficient (Wildman–Crippen LogP) is 2.25. The summed E-state index contributed by atoms with van der Waals surface area (Å²) in [5.41, 5.74) is 1.71. The average Bonchev–Trinajstić information content (AvgIpc) is 3.20. The van der Waals surface area contributed by atoms with E-state index in [4.69, 9.17) is 0 Å². The Hall–Kier alpha value is -2.63.